The third-order valence-electron chi connectivity index (χ3n) is 3.84. The molecule has 1 unspecified atom stereocenters. The Morgan fingerprint density at radius 1 is 1.48 bits per heavy atom. The first-order valence-electron chi connectivity index (χ1n) is 7.40. The van der Waals surface area contributed by atoms with Gasteiger partial charge < -0.3 is 15.0 Å². The summed E-state index contributed by atoms with van der Waals surface area (Å²) in [5.74, 6) is 0.241. The van der Waals surface area contributed by atoms with E-state index in [9.17, 15) is 4.79 Å². The van der Waals surface area contributed by atoms with Crippen LogP contribution in [0.3, 0.4) is 0 Å². The third kappa shape index (κ3) is 4.61. The highest BCUT2D eigenvalue weighted by Gasteiger charge is 2.25. The number of piperidine rings is 1. The predicted molar refractivity (Wildman–Crippen MR) is 85.9 cm³/mol. The monoisotopic (exact) mass is 310 g/mol. The standard InChI is InChI=1S/C16H23ClN2O2/c1-12(11-21-2)18-16(20)13-6-8-19(9-7-13)15-5-3-4-14(17)10-15/h3-5,10,12-13H,6-9,11H2,1-2H3,(H,18,20). The minimum absolute atomic E-state index is 0.0634. The van der Waals surface area contributed by atoms with Crippen molar-refractivity contribution in [2.75, 3.05) is 31.7 Å². The van der Waals surface area contributed by atoms with E-state index in [-0.39, 0.29) is 17.9 Å². The van der Waals surface area contributed by atoms with Gasteiger partial charge >= 0.3 is 0 Å². The Bertz CT molecular complexity index is 473. The summed E-state index contributed by atoms with van der Waals surface area (Å²) in [5.41, 5.74) is 1.13. The number of halogens is 1. The molecule has 116 valence electrons. The highest BCUT2D eigenvalue weighted by molar-refractivity contribution is 6.30. The maximum absolute atomic E-state index is 12.2. The topological polar surface area (TPSA) is 41.6 Å². The second kappa shape index (κ2) is 7.66. The van der Waals surface area contributed by atoms with E-state index < -0.39 is 0 Å². The molecule has 0 spiro atoms. The van der Waals surface area contributed by atoms with E-state index in [2.05, 4.69) is 16.3 Å². The molecular formula is C16H23ClN2O2. The van der Waals surface area contributed by atoms with Gasteiger partial charge in [-0.15, -0.1) is 0 Å². The highest BCUT2D eigenvalue weighted by Crippen LogP contribution is 2.25. The van der Waals surface area contributed by atoms with Gasteiger partial charge in [-0.05, 0) is 38.0 Å². The molecule has 1 aliphatic heterocycles. The number of nitrogens with one attached hydrogen (secondary N) is 1. The van der Waals surface area contributed by atoms with Crippen LogP contribution in [0.5, 0.6) is 0 Å². The number of benzene rings is 1. The van der Waals surface area contributed by atoms with E-state index >= 15 is 0 Å². The average Bonchev–Trinajstić information content (AvgIpc) is 2.47. The van der Waals surface area contributed by atoms with Crippen LogP contribution in [-0.2, 0) is 9.53 Å². The van der Waals surface area contributed by atoms with Gasteiger partial charge in [-0.3, -0.25) is 4.79 Å². The molecule has 0 radical (unpaired) electrons. The lowest BCUT2D eigenvalue weighted by Crippen LogP contribution is -2.44. The number of ether oxygens (including phenoxy) is 1. The first-order chi connectivity index (χ1) is 10.1. The van der Waals surface area contributed by atoms with E-state index in [1.165, 1.54) is 0 Å². The Hall–Kier alpha value is -1.26. The number of carbonyl (C=O) groups is 1. The largest absolute Gasteiger partial charge is 0.383 e. The molecular weight excluding hydrogens is 288 g/mol. The Kier molecular flexibility index (Phi) is 5.88. The lowest BCUT2D eigenvalue weighted by Gasteiger charge is -2.33. The number of nitrogens with zero attached hydrogens (tertiary/aromatic N) is 1. The molecule has 21 heavy (non-hydrogen) atoms. The molecule has 1 amide bonds. The van der Waals surface area contributed by atoms with Gasteiger partial charge in [0.1, 0.15) is 0 Å². The molecule has 1 atom stereocenters. The number of methoxy groups -OCH3 is 1. The molecule has 0 bridgehead atoms. The molecule has 1 saturated heterocycles. The fourth-order valence-electron chi connectivity index (χ4n) is 2.73. The number of carbonyl (C=O) groups excluding carboxylic acids is 1. The van der Waals surface area contributed by atoms with Crippen molar-refractivity contribution in [1.29, 1.82) is 0 Å². The van der Waals surface area contributed by atoms with E-state index in [1.807, 2.05) is 25.1 Å². The zero-order valence-corrected chi connectivity index (χ0v) is 13.4. The van der Waals surface area contributed by atoms with Crippen molar-refractivity contribution in [3.8, 4) is 0 Å². The Labute approximate surface area is 131 Å². The molecule has 0 saturated carbocycles. The van der Waals surface area contributed by atoms with Crippen molar-refractivity contribution < 1.29 is 9.53 Å². The van der Waals surface area contributed by atoms with Crippen molar-refractivity contribution in [3.05, 3.63) is 29.3 Å². The maximum Gasteiger partial charge on any atom is 0.223 e. The van der Waals surface area contributed by atoms with Gasteiger partial charge in [-0.25, -0.2) is 0 Å². The molecule has 1 aliphatic rings. The zero-order chi connectivity index (χ0) is 15.2. The van der Waals surface area contributed by atoms with Crippen LogP contribution in [0.15, 0.2) is 24.3 Å². The van der Waals surface area contributed by atoms with Gasteiger partial charge in [0.25, 0.3) is 0 Å². The van der Waals surface area contributed by atoms with Crippen LogP contribution in [0.25, 0.3) is 0 Å². The Morgan fingerprint density at radius 3 is 2.81 bits per heavy atom. The lowest BCUT2D eigenvalue weighted by molar-refractivity contribution is -0.126. The highest BCUT2D eigenvalue weighted by atomic mass is 35.5. The van der Waals surface area contributed by atoms with Crippen LogP contribution in [0.2, 0.25) is 5.02 Å². The molecule has 0 aromatic heterocycles. The van der Waals surface area contributed by atoms with Crippen LogP contribution in [0.1, 0.15) is 19.8 Å². The summed E-state index contributed by atoms with van der Waals surface area (Å²) >= 11 is 6.03. The van der Waals surface area contributed by atoms with Crippen molar-refractivity contribution in [2.45, 2.75) is 25.8 Å². The predicted octanol–water partition coefficient (Wildman–Crippen LogP) is 2.71. The quantitative estimate of drug-likeness (QED) is 0.909. The van der Waals surface area contributed by atoms with Crippen molar-refractivity contribution >= 4 is 23.2 Å². The summed E-state index contributed by atoms with van der Waals surface area (Å²) in [7, 11) is 1.64. The number of anilines is 1. The molecule has 1 aromatic rings. The lowest BCUT2D eigenvalue weighted by atomic mass is 9.95. The summed E-state index contributed by atoms with van der Waals surface area (Å²) in [6, 6.07) is 7.94. The van der Waals surface area contributed by atoms with E-state index in [1.54, 1.807) is 7.11 Å². The zero-order valence-electron chi connectivity index (χ0n) is 12.6. The van der Waals surface area contributed by atoms with Crippen LogP contribution in [0.4, 0.5) is 5.69 Å². The number of hydrogen-bond acceptors (Lipinski definition) is 3. The molecule has 1 aromatic carbocycles. The van der Waals surface area contributed by atoms with Crippen LogP contribution >= 0.6 is 11.6 Å². The van der Waals surface area contributed by atoms with Gasteiger partial charge in [0.2, 0.25) is 5.91 Å². The second-order valence-corrected chi connectivity index (χ2v) is 6.04. The van der Waals surface area contributed by atoms with Gasteiger partial charge in [-0.2, -0.15) is 0 Å². The van der Waals surface area contributed by atoms with E-state index in [0.717, 1.165) is 36.6 Å². The first kappa shape index (κ1) is 16.1. The van der Waals surface area contributed by atoms with Crippen LogP contribution < -0.4 is 10.2 Å². The van der Waals surface area contributed by atoms with Crippen LogP contribution in [-0.4, -0.2) is 38.8 Å². The summed E-state index contributed by atoms with van der Waals surface area (Å²) < 4.78 is 5.04. The van der Waals surface area contributed by atoms with E-state index in [0.29, 0.717) is 6.61 Å². The van der Waals surface area contributed by atoms with E-state index in [4.69, 9.17) is 16.3 Å². The van der Waals surface area contributed by atoms with Gasteiger partial charge in [0, 0.05) is 42.9 Å². The molecule has 4 nitrogen and oxygen atoms in total. The fourth-order valence-corrected chi connectivity index (χ4v) is 2.91. The minimum Gasteiger partial charge on any atom is -0.383 e. The SMILES string of the molecule is COCC(C)NC(=O)C1CCN(c2cccc(Cl)c2)CC1. The number of rotatable bonds is 5. The second-order valence-electron chi connectivity index (χ2n) is 5.61. The Balaban J connectivity index is 1.84. The number of amides is 1. The summed E-state index contributed by atoms with van der Waals surface area (Å²) in [4.78, 5) is 14.5. The van der Waals surface area contributed by atoms with Crippen molar-refractivity contribution in [1.82, 2.24) is 5.32 Å². The number of hydrogen-bond donors (Lipinski definition) is 1. The van der Waals surface area contributed by atoms with Crippen molar-refractivity contribution in [2.24, 2.45) is 5.92 Å². The maximum atomic E-state index is 12.2. The summed E-state index contributed by atoms with van der Waals surface area (Å²) in [5, 5.41) is 3.76. The Morgan fingerprint density at radius 2 is 2.19 bits per heavy atom. The minimum atomic E-state index is 0.0634. The fraction of sp³-hybridized carbons (Fsp3) is 0.562. The molecule has 1 heterocycles. The average molecular weight is 311 g/mol. The van der Waals surface area contributed by atoms with Gasteiger partial charge in [0.05, 0.1) is 6.61 Å². The molecule has 2 rings (SSSR count). The molecule has 5 heteroatoms. The summed E-state index contributed by atoms with van der Waals surface area (Å²) in [6.45, 7) is 4.28. The molecule has 1 N–H and O–H groups in total. The van der Waals surface area contributed by atoms with Gasteiger partial charge in [-0.1, -0.05) is 17.7 Å². The molecule has 0 aliphatic carbocycles. The van der Waals surface area contributed by atoms with Crippen LogP contribution in [0, 0.1) is 5.92 Å². The molecule has 1 fully saturated rings. The van der Waals surface area contributed by atoms with Crippen molar-refractivity contribution in [3.63, 3.8) is 0 Å². The normalized spacial score (nSPS) is 17.6. The first-order valence-corrected chi connectivity index (χ1v) is 7.77. The third-order valence-corrected chi connectivity index (χ3v) is 4.08. The smallest absolute Gasteiger partial charge is 0.223 e. The van der Waals surface area contributed by atoms with Gasteiger partial charge in [0.15, 0.2) is 0 Å². The summed E-state index contributed by atoms with van der Waals surface area (Å²) in [6.07, 6.45) is 1.75.